The molecule has 1 aliphatic rings. The summed E-state index contributed by atoms with van der Waals surface area (Å²) in [5.41, 5.74) is 0.736. The van der Waals surface area contributed by atoms with E-state index in [2.05, 4.69) is 4.90 Å². The monoisotopic (exact) mass is 277 g/mol. The van der Waals surface area contributed by atoms with Crippen LogP contribution in [0.15, 0.2) is 24.3 Å². The molecule has 0 N–H and O–H groups in total. The Morgan fingerprint density at radius 1 is 1.25 bits per heavy atom. The first-order valence-electron chi connectivity index (χ1n) is 7.22. The van der Waals surface area contributed by atoms with Crippen LogP contribution in [0.5, 0.6) is 5.75 Å². The van der Waals surface area contributed by atoms with E-state index in [0.29, 0.717) is 13.2 Å². The molecule has 110 valence electrons. The van der Waals surface area contributed by atoms with Gasteiger partial charge in [-0.15, -0.1) is 0 Å². The van der Waals surface area contributed by atoms with Gasteiger partial charge in [-0.2, -0.15) is 0 Å². The van der Waals surface area contributed by atoms with Crippen LogP contribution in [0.4, 0.5) is 0 Å². The average Bonchev–Trinajstić information content (AvgIpc) is 2.38. The first-order chi connectivity index (χ1) is 9.58. The van der Waals surface area contributed by atoms with Crippen molar-refractivity contribution in [3.63, 3.8) is 0 Å². The van der Waals surface area contributed by atoms with Crippen molar-refractivity contribution in [1.29, 1.82) is 0 Å². The first-order valence-corrected chi connectivity index (χ1v) is 7.22. The zero-order chi connectivity index (χ0) is 14.5. The molecule has 2 rings (SSSR count). The second-order valence-electron chi connectivity index (χ2n) is 5.33. The van der Waals surface area contributed by atoms with E-state index in [0.717, 1.165) is 24.4 Å². The lowest BCUT2D eigenvalue weighted by atomic mass is 10.1. The molecule has 0 bridgehead atoms. The fraction of sp³-hybridized carbons (Fsp3) is 0.562. The maximum absolute atomic E-state index is 12.3. The summed E-state index contributed by atoms with van der Waals surface area (Å²) >= 11 is 0. The minimum atomic E-state index is 0.148. The molecule has 1 fully saturated rings. The molecule has 4 nitrogen and oxygen atoms in total. The standard InChI is InChI=1S/C16H23NO3/c1-4-19-15-7-5-14(6-8-15)16(18)11-17-9-12(2)20-13(3)10-17/h5-8,12-13H,4,9-11H2,1-3H3. The van der Waals surface area contributed by atoms with Crippen molar-refractivity contribution in [3.8, 4) is 5.75 Å². The van der Waals surface area contributed by atoms with Gasteiger partial charge in [0, 0.05) is 18.7 Å². The van der Waals surface area contributed by atoms with Crippen LogP contribution in [-0.4, -0.2) is 49.1 Å². The second-order valence-corrected chi connectivity index (χ2v) is 5.33. The van der Waals surface area contributed by atoms with Gasteiger partial charge in [-0.3, -0.25) is 9.69 Å². The van der Waals surface area contributed by atoms with Gasteiger partial charge in [0.15, 0.2) is 5.78 Å². The summed E-state index contributed by atoms with van der Waals surface area (Å²) in [6.45, 7) is 8.75. The molecule has 1 saturated heterocycles. The maximum Gasteiger partial charge on any atom is 0.176 e. The van der Waals surface area contributed by atoms with Gasteiger partial charge in [0.1, 0.15) is 5.75 Å². The highest BCUT2D eigenvalue weighted by molar-refractivity contribution is 5.97. The van der Waals surface area contributed by atoms with Crippen molar-refractivity contribution < 1.29 is 14.3 Å². The first kappa shape index (κ1) is 15.0. The van der Waals surface area contributed by atoms with Crippen LogP contribution in [0, 0.1) is 0 Å². The van der Waals surface area contributed by atoms with E-state index >= 15 is 0 Å². The largest absolute Gasteiger partial charge is 0.494 e. The molecular weight excluding hydrogens is 254 g/mol. The summed E-state index contributed by atoms with van der Waals surface area (Å²) in [6, 6.07) is 7.36. The third kappa shape index (κ3) is 4.05. The Balaban J connectivity index is 1.93. The zero-order valence-corrected chi connectivity index (χ0v) is 12.5. The van der Waals surface area contributed by atoms with Crippen molar-refractivity contribution in [2.24, 2.45) is 0 Å². The van der Waals surface area contributed by atoms with Crippen molar-refractivity contribution >= 4 is 5.78 Å². The van der Waals surface area contributed by atoms with Gasteiger partial charge in [-0.05, 0) is 45.0 Å². The Morgan fingerprint density at radius 3 is 2.40 bits per heavy atom. The van der Waals surface area contributed by atoms with Crippen LogP contribution in [-0.2, 0) is 4.74 Å². The summed E-state index contributed by atoms with van der Waals surface area (Å²) in [4.78, 5) is 14.4. The minimum absolute atomic E-state index is 0.148. The minimum Gasteiger partial charge on any atom is -0.494 e. The lowest BCUT2D eigenvalue weighted by molar-refractivity contribution is -0.0652. The summed E-state index contributed by atoms with van der Waals surface area (Å²) in [6.07, 6.45) is 0.374. The topological polar surface area (TPSA) is 38.8 Å². The third-order valence-electron chi connectivity index (χ3n) is 3.35. The Hall–Kier alpha value is -1.39. The van der Waals surface area contributed by atoms with Crippen LogP contribution in [0.2, 0.25) is 0 Å². The third-order valence-corrected chi connectivity index (χ3v) is 3.35. The van der Waals surface area contributed by atoms with Gasteiger partial charge in [0.25, 0.3) is 0 Å². The van der Waals surface area contributed by atoms with E-state index in [4.69, 9.17) is 9.47 Å². The van der Waals surface area contributed by atoms with Crippen LogP contribution in [0.3, 0.4) is 0 Å². The number of hydrogen-bond donors (Lipinski definition) is 0. The van der Waals surface area contributed by atoms with E-state index in [1.54, 1.807) is 0 Å². The molecule has 0 radical (unpaired) electrons. The molecule has 2 unspecified atom stereocenters. The molecule has 0 aliphatic carbocycles. The highest BCUT2D eigenvalue weighted by Gasteiger charge is 2.23. The number of hydrogen-bond acceptors (Lipinski definition) is 4. The van der Waals surface area contributed by atoms with Crippen molar-refractivity contribution in [3.05, 3.63) is 29.8 Å². The van der Waals surface area contributed by atoms with Crippen molar-refractivity contribution in [2.75, 3.05) is 26.2 Å². The Kier molecular flexibility index (Phi) is 5.15. The average molecular weight is 277 g/mol. The van der Waals surface area contributed by atoms with E-state index in [9.17, 15) is 4.79 Å². The number of benzene rings is 1. The molecule has 1 aromatic rings. The molecule has 1 heterocycles. The van der Waals surface area contributed by atoms with Gasteiger partial charge in [-0.1, -0.05) is 0 Å². The van der Waals surface area contributed by atoms with Gasteiger partial charge in [0.05, 0.1) is 25.4 Å². The molecule has 0 spiro atoms. The lowest BCUT2D eigenvalue weighted by Crippen LogP contribution is -2.47. The number of morpholine rings is 1. The van der Waals surface area contributed by atoms with Gasteiger partial charge in [0.2, 0.25) is 0 Å². The Morgan fingerprint density at radius 2 is 1.85 bits per heavy atom. The molecule has 1 aliphatic heterocycles. The molecule has 0 saturated carbocycles. The number of rotatable bonds is 5. The molecule has 1 aromatic carbocycles. The molecule has 20 heavy (non-hydrogen) atoms. The van der Waals surface area contributed by atoms with E-state index < -0.39 is 0 Å². The smallest absolute Gasteiger partial charge is 0.176 e. The van der Waals surface area contributed by atoms with E-state index in [1.165, 1.54) is 0 Å². The molecule has 0 amide bonds. The number of carbonyl (C=O) groups is 1. The van der Waals surface area contributed by atoms with E-state index in [1.807, 2.05) is 45.0 Å². The van der Waals surface area contributed by atoms with Crippen molar-refractivity contribution in [2.45, 2.75) is 33.0 Å². The van der Waals surface area contributed by atoms with Crippen LogP contribution < -0.4 is 4.74 Å². The SMILES string of the molecule is CCOc1ccc(C(=O)CN2CC(C)OC(C)C2)cc1. The van der Waals surface area contributed by atoms with Gasteiger partial charge < -0.3 is 9.47 Å². The fourth-order valence-electron chi connectivity index (χ4n) is 2.61. The second kappa shape index (κ2) is 6.86. The van der Waals surface area contributed by atoms with Gasteiger partial charge in [-0.25, -0.2) is 0 Å². The van der Waals surface area contributed by atoms with E-state index in [-0.39, 0.29) is 18.0 Å². The van der Waals surface area contributed by atoms with Crippen molar-refractivity contribution in [1.82, 2.24) is 4.90 Å². The van der Waals surface area contributed by atoms with Crippen LogP contribution in [0.25, 0.3) is 0 Å². The number of carbonyl (C=O) groups excluding carboxylic acids is 1. The summed E-state index contributed by atoms with van der Waals surface area (Å²) in [7, 11) is 0. The molecule has 4 heteroatoms. The fourth-order valence-corrected chi connectivity index (χ4v) is 2.61. The normalized spacial score (nSPS) is 23.6. The summed E-state index contributed by atoms with van der Waals surface area (Å²) in [5.74, 6) is 0.951. The number of ketones is 1. The number of Topliss-reactive ketones (excluding diaryl/α,β-unsaturated/α-hetero) is 1. The quantitative estimate of drug-likeness (QED) is 0.775. The Labute approximate surface area is 120 Å². The molecule has 0 aromatic heterocycles. The highest BCUT2D eigenvalue weighted by Crippen LogP contribution is 2.15. The van der Waals surface area contributed by atoms with Crippen LogP contribution >= 0.6 is 0 Å². The summed E-state index contributed by atoms with van der Waals surface area (Å²) < 4.78 is 11.1. The lowest BCUT2D eigenvalue weighted by Gasteiger charge is -2.34. The maximum atomic E-state index is 12.3. The predicted molar refractivity (Wildman–Crippen MR) is 78.4 cm³/mol. The van der Waals surface area contributed by atoms with Crippen LogP contribution in [0.1, 0.15) is 31.1 Å². The zero-order valence-electron chi connectivity index (χ0n) is 12.5. The predicted octanol–water partition coefficient (Wildman–Crippen LogP) is 2.38. The molecular formula is C16H23NO3. The highest BCUT2D eigenvalue weighted by atomic mass is 16.5. The van der Waals surface area contributed by atoms with Gasteiger partial charge >= 0.3 is 0 Å². The summed E-state index contributed by atoms with van der Waals surface area (Å²) in [5, 5.41) is 0. The Bertz CT molecular complexity index is 434. The number of nitrogens with zero attached hydrogens (tertiary/aromatic N) is 1. The number of ether oxygens (including phenoxy) is 2. The molecule has 2 atom stereocenters.